The van der Waals surface area contributed by atoms with Crippen LogP contribution in [0.1, 0.15) is 11.8 Å². The molecule has 1 aliphatic rings. The van der Waals surface area contributed by atoms with E-state index < -0.39 is 11.9 Å². The number of carbonyl (C=O) groups is 3. The molecule has 162 valence electrons. The molecule has 2 heterocycles. The van der Waals surface area contributed by atoms with Crippen LogP contribution < -0.4 is 20.3 Å². The molecule has 1 aliphatic heterocycles. The number of ether oxygens (including phenoxy) is 1. The van der Waals surface area contributed by atoms with Gasteiger partial charge in [0.25, 0.3) is 5.91 Å². The predicted molar refractivity (Wildman–Crippen MR) is 125 cm³/mol. The summed E-state index contributed by atoms with van der Waals surface area (Å²) < 4.78 is 5.17. The number of hydrogen-bond donors (Lipinski definition) is 2. The Labute approximate surface area is 192 Å². The fraction of sp³-hybridized carbons (Fsp3) is 0.200. The van der Waals surface area contributed by atoms with E-state index in [1.54, 1.807) is 31.2 Å². The van der Waals surface area contributed by atoms with Gasteiger partial charge >= 0.3 is 6.03 Å². The lowest BCUT2D eigenvalue weighted by atomic mass is 10.2. The molecule has 0 unspecified atom stereocenters. The smallest absolute Gasteiger partial charge is 0.321 e. The second kappa shape index (κ2) is 10.5. The van der Waals surface area contributed by atoms with Crippen molar-refractivity contribution in [3.05, 3.63) is 51.3 Å². The molecule has 0 aliphatic carbocycles. The number of halogens is 1. The molecule has 4 amide bonds. The third kappa shape index (κ3) is 5.66. The number of amidine groups is 1. The van der Waals surface area contributed by atoms with E-state index >= 15 is 0 Å². The first-order valence-corrected chi connectivity index (χ1v) is 11.4. The van der Waals surface area contributed by atoms with Crippen LogP contribution in [0.25, 0.3) is 6.08 Å². The molecule has 31 heavy (non-hydrogen) atoms. The van der Waals surface area contributed by atoms with E-state index in [2.05, 4.69) is 15.6 Å². The zero-order valence-corrected chi connectivity index (χ0v) is 19.1. The fourth-order valence-corrected chi connectivity index (χ4v) is 4.34. The van der Waals surface area contributed by atoms with E-state index in [0.29, 0.717) is 28.2 Å². The monoisotopic (exact) mass is 478 g/mol. The molecule has 0 atom stereocenters. The number of hydrogen-bond acceptors (Lipinski definition) is 7. The molecule has 0 spiro atoms. The number of methoxy groups -OCH3 is 1. The number of carbonyl (C=O) groups excluding carboxylic acids is 3. The van der Waals surface area contributed by atoms with Crippen molar-refractivity contribution in [1.82, 2.24) is 10.6 Å². The Kier molecular flexibility index (Phi) is 7.72. The molecule has 0 saturated heterocycles. The standard InChI is InChI=1S/C20H19ClN4O4S2/c1-3-22-19(28)24-17(26)11-31-20-23-15(10-13-5-4-8-30-13)18(27)25(20)12-6-7-16(29-2)14(21)9-12/h4-10H,3,11H2,1-2H3,(H2,22,24,26,28)/b15-10-. The normalized spacial score (nSPS) is 14.5. The SMILES string of the molecule is CCNC(=O)NC(=O)CSC1=N/C(=C\c2cccs2)C(=O)N1c1ccc(OC)c(Cl)c1. The first-order valence-electron chi connectivity index (χ1n) is 9.15. The summed E-state index contributed by atoms with van der Waals surface area (Å²) >= 11 is 8.76. The average molecular weight is 479 g/mol. The van der Waals surface area contributed by atoms with Crippen LogP contribution in [0.4, 0.5) is 10.5 Å². The number of amides is 4. The van der Waals surface area contributed by atoms with Crippen molar-refractivity contribution in [1.29, 1.82) is 0 Å². The van der Waals surface area contributed by atoms with Crippen LogP contribution in [-0.4, -0.2) is 42.4 Å². The van der Waals surface area contributed by atoms with E-state index in [4.69, 9.17) is 16.3 Å². The number of nitrogens with one attached hydrogen (secondary N) is 2. The van der Waals surface area contributed by atoms with Crippen molar-refractivity contribution in [3.8, 4) is 5.75 Å². The molecular formula is C20H19ClN4O4S2. The van der Waals surface area contributed by atoms with Crippen LogP contribution in [0.5, 0.6) is 5.75 Å². The van der Waals surface area contributed by atoms with Crippen LogP contribution in [-0.2, 0) is 9.59 Å². The topological polar surface area (TPSA) is 100 Å². The van der Waals surface area contributed by atoms with Gasteiger partial charge in [-0.2, -0.15) is 0 Å². The maximum absolute atomic E-state index is 13.1. The summed E-state index contributed by atoms with van der Waals surface area (Å²) in [7, 11) is 1.50. The highest BCUT2D eigenvalue weighted by Gasteiger charge is 2.33. The number of rotatable bonds is 6. The highest BCUT2D eigenvalue weighted by molar-refractivity contribution is 8.14. The maximum atomic E-state index is 13.1. The minimum Gasteiger partial charge on any atom is -0.495 e. The minimum atomic E-state index is -0.574. The molecule has 2 aromatic rings. The van der Waals surface area contributed by atoms with Gasteiger partial charge < -0.3 is 10.1 Å². The first-order chi connectivity index (χ1) is 14.9. The Morgan fingerprint density at radius 2 is 2.16 bits per heavy atom. The summed E-state index contributed by atoms with van der Waals surface area (Å²) in [6, 6.07) is 8.10. The first kappa shape index (κ1) is 22.9. The fourth-order valence-electron chi connectivity index (χ4n) is 2.62. The number of imide groups is 1. The lowest BCUT2D eigenvalue weighted by Gasteiger charge is -2.18. The number of thiophene rings is 1. The molecule has 0 saturated carbocycles. The summed E-state index contributed by atoms with van der Waals surface area (Å²) in [6.07, 6.45) is 1.69. The highest BCUT2D eigenvalue weighted by atomic mass is 35.5. The lowest BCUT2D eigenvalue weighted by molar-refractivity contribution is -0.117. The summed E-state index contributed by atoms with van der Waals surface area (Å²) in [5, 5.41) is 7.25. The molecule has 1 aromatic carbocycles. The van der Waals surface area contributed by atoms with Crippen molar-refractivity contribution < 1.29 is 19.1 Å². The molecule has 2 N–H and O–H groups in total. The van der Waals surface area contributed by atoms with Crippen molar-refractivity contribution in [2.24, 2.45) is 4.99 Å². The van der Waals surface area contributed by atoms with Gasteiger partial charge in [-0.25, -0.2) is 9.79 Å². The van der Waals surface area contributed by atoms with Crippen LogP contribution in [0.2, 0.25) is 5.02 Å². The van der Waals surface area contributed by atoms with E-state index in [-0.39, 0.29) is 17.4 Å². The number of anilines is 1. The van der Waals surface area contributed by atoms with Crippen molar-refractivity contribution in [2.45, 2.75) is 6.92 Å². The van der Waals surface area contributed by atoms with Gasteiger partial charge in [0.15, 0.2) is 5.17 Å². The summed E-state index contributed by atoms with van der Waals surface area (Å²) in [5.41, 5.74) is 0.724. The number of nitrogens with zero attached hydrogens (tertiary/aromatic N) is 2. The van der Waals surface area contributed by atoms with Gasteiger partial charge in [-0.15, -0.1) is 11.3 Å². The van der Waals surface area contributed by atoms with Crippen LogP contribution >= 0.6 is 34.7 Å². The molecule has 8 nitrogen and oxygen atoms in total. The third-order valence-electron chi connectivity index (χ3n) is 3.97. The number of urea groups is 1. The lowest BCUT2D eigenvalue weighted by Crippen LogP contribution is -2.40. The van der Waals surface area contributed by atoms with Crippen molar-refractivity contribution >= 4 is 69.5 Å². The number of aliphatic imine (C=N–C) groups is 1. The predicted octanol–water partition coefficient (Wildman–Crippen LogP) is 3.73. The van der Waals surface area contributed by atoms with Crippen LogP contribution in [0.3, 0.4) is 0 Å². The van der Waals surface area contributed by atoms with Crippen molar-refractivity contribution in [2.75, 3.05) is 24.3 Å². The third-order valence-corrected chi connectivity index (χ3v) is 6.02. The second-order valence-electron chi connectivity index (χ2n) is 6.10. The average Bonchev–Trinajstić information content (AvgIpc) is 3.35. The summed E-state index contributed by atoms with van der Waals surface area (Å²) in [4.78, 5) is 43.4. The molecule has 0 fully saturated rings. The van der Waals surface area contributed by atoms with E-state index in [1.165, 1.54) is 23.3 Å². The quantitative estimate of drug-likeness (QED) is 0.616. The van der Waals surface area contributed by atoms with E-state index in [9.17, 15) is 14.4 Å². The zero-order chi connectivity index (χ0) is 22.4. The van der Waals surface area contributed by atoms with E-state index in [1.807, 2.05) is 17.5 Å². The molecule has 11 heteroatoms. The van der Waals surface area contributed by atoms with Gasteiger partial charge in [-0.3, -0.25) is 19.8 Å². The van der Waals surface area contributed by atoms with Gasteiger partial charge in [-0.05, 0) is 42.6 Å². The minimum absolute atomic E-state index is 0.101. The highest BCUT2D eigenvalue weighted by Crippen LogP contribution is 2.34. The molecule has 0 bridgehead atoms. The Hall–Kier alpha value is -2.82. The second-order valence-corrected chi connectivity index (χ2v) is 8.42. The van der Waals surface area contributed by atoms with Crippen molar-refractivity contribution in [3.63, 3.8) is 0 Å². The zero-order valence-electron chi connectivity index (χ0n) is 16.7. The largest absolute Gasteiger partial charge is 0.495 e. The molecule has 1 aromatic heterocycles. The number of thioether (sulfide) groups is 1. The van der Waals surface area contributed by atoms with Gasteiger partial charge in [0, 0.05) is 11.4 Å². The van der Waals surface area contributed by atoms with Crippen LogP contribution in [0.15, 0.2) is 46.4 Å². The molecular weight excluding hydrogens is 460 g/mol. The Bertz CT molecular complexity index is 1050. The van der Waals surface area contributed by atoms with Crippen LogP contribution in [0, 0.1) is 0 Å². The maximum Gasteiger partial charge on any atom is 0.321 e. The summed E-state index contributed by atoms with van der Waals surface area (Å²) in [6.45, 7) is 2.15. The van der Waals surface area contributed by atoms with Gasteiger partial charge in [0.05, 0.1) is 23.6 Å². The van der Waals surface area contributed by atoms with Gasteiger partial charge in [0.2, 0.25) is 5.91 Å². The Morgan fingerprint density at radius 3 is 2.81 bits per heavy atom. The van der Waals surface area contributed by atoms with Gasteiger partial charge in [0.1, 0.15) is 11.4 Å². The Morgan fingerprint density at radius 1 is 1.35 bits per heavy atom. The number of benzene rings is 1. The van der Waals surface area contributed by atoms with E-state index in [0.717, 1.165) is 16.6 Å². The molecule has 3 rings (SSSR count). The summed E-state index contributed by atoms with van der Waals surface area (Å²) in [5.74, 6) is -0.481. The van der Waals surface area contributed by atoms with Gasteiger partial charge in [-0.1, -0.05) is 29.4 Å². The molecule has 0 radical (unpaired) electrons. The Balaban J connectivity index is 1.85.